The number of phenols is 1. The number of aromatic hydroxyl groups is 1. The van der Waals surface area contributed by atoms with Crippen molar-refractivity contribution in [3.63, 3.8) is 0 Å². The second kappa shape index (κ2) is 9.54. The average Bonchev–Trinajstić information content (AvgIpc) is 3.17. The van der Waals surface area contributed by atoms with Crippen molar-refractivity contribution in [3.05, 3.63) is 76.3 Å². The molecule has 188 valence electrons. The lowest BCUT2D eigenvalue weighted by Gasteiger charge is -2.23. The van der Waals surface area contributed by atoms with Gasteiger partial charge in [0, 0.05) is 5.56 Å². The number of hydrogen-bond acceptors (Lipinski definition) is 6. The maximum absolute atomic E-state index is 13.2. The molecule has 37 heavy (non-hydrogen) atoms. The standard InChI is InChI=1S/C29H28N4O4/c1-16-11-12-22(13-17(16)2)33-28(35)26(18(3)32-33)31-30-24-15-19-7-4-5-10-23(19)25(27(24)34)20-8-6-9-21(14-20)29(36)37/h6,8-9,11-15,30,34H,4-5,7,10H2,1-3H3,(H,36,37)/b31-26-. The number of aryl methyl sites for hydroxylation is 3. The largest absolute Gasteiger partial charge is 0.505 e. The fourth-order valence-electron chi connectivity index (χ4n) is 4.87. The summed E-state index contributed by atoms with van der Waals surface area (Å²) in [6, 6.07) is 14.1. The molecule has 2 aliphatic rings. The van der Waals surface area contributed by atoms with E-state index in [2.05, 4.69) is 15.6 Å². The molecule has 0 bridgehead atoms. The molecule has 8 heteroatoms. The number of carbonyl (C=O) groups is 2. The number of rotatable bonds is 5. The number of carboxylic acid groups (broad SMARTS) is 1. The fraction of sp³-hybridized carbons (Fsp3) is 0.241. The lowest BCUT2D eigenvalue weighted by atomic mass is 9.84. The molecule has 0 fully saturated rings. The average molecular weight is 497 g/mol. The van der Waals surface area contributed by atoms with E-state index < -0.39 is 5.97 Å². The molecule has 0 atom stereocenters. The van der Waals surface area contributed by atoms with Gasteiger partial charge in [-0.15, -0.1) is 0 Å². The molecule has 0 saturated heterocycles. The monoisotopic (exact) mass is 496 g/mol. The number of fused-ring (bicyclic) bond motifs is 1. The van der Waals surface area contributed by atoms with E-state index in [1.165, 1.54) is 11.1 Å². The van der Waals surface area contributed by atoms with Crippen LogP contribution in [0.1, 0.15) is 52.4 Å². The Balaban J connectivity index is 1.51. The van der Waals surface area contributed by atoms with Crippen molar-refractivity contribution in [3.8, 4) is 16.9 Å². The van der Waals surface area contributed by atoms with E-state index in [-0.39, 0.29) is 22.9 Å². The van der Waals surface area contributed by atoms with E-state index in [1.54, 1.807) is 25.1 Å². The molecular weight excluding hydrogens is 468 g/mol. The number of anilines is 2. The lowest BCUT2D eigenvalue weighted by molar-refractivity contribution is -0.112. The van der Waals surface area contributed by atoms with Gasteiger partial charge >= 0.3 is 11.9 Å². The number of phenolic OH excluding ortho intramolecular Hbond substituents is 1. The molecule has 0 unspecified atom stereocenters. The van der Waals surface area contributed by atoms with Gasteiger partial charge in [-0.25, -0.2) is 4.79 Å². The Morgan fingerprint density at radius 2 is 1.81 bits per heavy atom. The highest BCUT2D eigenvalue weighted by Crippen LogP contribution is 2.43. The highest BCUT2D eigenvalue weighted by atomic mass is 16.4. The quantitative estimate of drug-likeness (QED) is 0.321. The fourth-order valence-corrected chi connectivity index (χ4v) is 4.87. The van der Waals surface area contributed by atoms with Crippen LogP contribution in [0.25, 0.3) is 11.1 Å². The van der Waals surface area contributed by atoms with Crippen molar-refractivity contribution in [2.45, 2.75) is 46.5 Å². The number of carbonyl (C=O) groups excluding carboxylic acids is 1. The van der Waals surface area contributed by atoms with Crippen molar-refractivity contribution in [1.29, 1.82) is 0 Å². The Labute approximate surface area is 215 Å². The Kier molecular flexibility index (Phi) is 6.25. The summed E-state index contributed by atoms with van der Waals surface area (Å²) in [5.74, 6) is -1.42. The molecule has 0 radical (unpaired) electrons. The van der Waals surface area contributed by atoms with E-state index in [1.807, 2.05) is 38.1 Å². The molecule has 5 rings (SSSR count). The number of hydrogen-bond donors (Lipinski definition) is 3. The first-order valence-corrected chi connectivity index (χ1v) is 12.3. The molecule has 1 aliphatic heterocycles. The highest BCUT2D eigenvalue weighted by Gasteiger charge is 2.31. The SMILES string of the molecule is CC1=NN(c2ccc(C)c(C)c2)C(=O)/C1=N\Nc1cc2c(c(-c3cccc(C(=O)O)c3)c1O)CCCC2. The molecule has 0 spiro atoms. The summed E-state index contributed by atoms with van der Waals surface area (Å²) in [4.78, 5) is 24.7. The minimum Gasteiger partial charge on any atom is -0.505 e. The van der Waals surface area contributed by atoms with Gasteiger partial charge in [-0.05, 0) is 105 Å². The van der Waals surface area contributed by atoms with E-state index >= 15 is 0 Å². The van der Waals surface area contributed by atoms with Gasteiger partial charge in [0.1, 0.15) is 5.75 Å². The van der Waals surface area contributed by atoms with Crippen molar-refractivity contribution < 1.29 is 19.8 Å². The molecule has 8 nitrogen and oxygen atoms in total. The van der Waals surface area contributed by atoms with Gasteiger partial charge in [0.05, 0.1) is 22.6 Å². The molecule has 3 aromatic rings. The number of hydrazone groups is 2. The molecule has 3 N–H and O–H groups in total. The number of benzene rings is 3. The van der Waals surface area contributed by atoms with Gasteiger partial charge in [-0.3, -0.25) is 10.2 Å². The Hall–Kier alpha value is -4.46. The summed E-state index contributed by atoms with van der Waals surface area (Å²) >= 11 is 0. The second-order valence-corrected chi connectivity index (χ2v) is 9.52. The van der Waals surface area contributed by atoms with Crippen LogP contribution in [0.5, 0.6) is 5.75 Å². The van der Waals surface area contributed by atoms with Gasteiger partial charge in [-0.1, -0.05) is 18.2 Å². The maximum Gasteiger partial charge on any atom is 0.335 e. The van der Waals surface area contributed by atoms with Gasteiger partial charge < -0.3 is 10.2 Å². The third-order valence-corrected chi connectivity index (χ3v) is 7.03. The van der Waals surface area contributed by atoms with Crippen molar-refractivity contribution in [2.24, 2.45) is 10.2 Å². The first-order chi connectivity index (χ1) is 17.7. The summed E-state index contributed by atoms with van der Waals surface area (Å²) in [5.41, 5.74) is 10.2. The summed E-state index contributed by atoms with van der Waals surface area (Å²) in [7, 11) is 0. The van der Waals surface area contributed by atoms with Crippen molar-refractivity contribution >= 4 is 34.7 Å². The Morgan fingerprint density at radius 1 is 1.03 bits per heavy atom. The van der Waals surface area contributed by atoms with Crippen LogP contribution < -0.4 is 10.4 Å². The number of amides is 1. The Bertz CT molecular complexity index is 1510. The number of nitrogens with one attached hydrogen (secondary N) is 1. The summed E-state index contributed by atoms with van der Waals surface area (Å²) in [6.45, 7) is 5.71. The van der Waals surface area contributed by atoms with Gasteiger partial charge in [0.2, 0.25) is 0 Å². The Morgan fingerprint density at radius 3 is 2.57 bits per heavy atom. The van der Waals surface area contributed by atoms with E-state index in [4.69, 9.17) is 0 Å². The summed E-state index contributed by atoms with van der Waals surface area (Å²) in [5, 5.41) is 30.9. The molecule has 1 amide bonds. The van der Waals surface area contributed by atoms with Crippen LogP contribution in [-0.4, -0.2) is 33.5 Å². The van der Waals surface area contributed by atoms with Crippen LogP contribution in [0.3, 0.4) is 0 Å². The van der Waals surface area contributed by atoms with Crippen molar-refractivity contribution in [2.75, 3.05) is 10.4 Å². The zero-order chi connectivity index (χ0) is 26.3. The molecule has 0 aromatic heterocycles. The smallest absolute Gasteiger partial charge is 0.335 e. The molecule has 3 aromatic carbocycles. The predicted molar refractivity (Wildman–Crippen MR) is 145 cm³/mol. The molecule has 1 heterocycles. The van der Waals surface area contributed by atoms with Crippen LogP contribution in [0.2, 0.25) is 0 Å². The van der Waals surface area contributed by atoms with Crippen LogP contribution in [0.15, 0.2) is 58.7 Å². The van der Waals surface area contributed by atoms with Crippen LogP contribution in [-0.2, 0) is 17.6 Å². The first kappa shape index (κ1) is 24.2. The van der Waals surface area contributed by atoms with Crippen LogP contribution in [0, 0.1) is 13.8 Å². The predicted octanol–water partition coefficient (Wildman–Crippen LogP) is 5.44. The van der Waals surface area contributed by atoms with Crippen molar-refractivity contribution in [1.82, 2.24) is 0 Å². The normalized spacial score (nSPS) is 16.1. The number of aromatic carboxylic acids is 1. The maximum atomic E-state index is 13.2. The second-order valence-electron chi connectivity index (χ2n) is 9.52. The molecule has 1 aliphatic carbocycles. The van der Waals surface area contributed by atoms with Gasteiger partial charge in [0.15, 0.2) is 5.71 Å². The lowest BCUT2D eigenvalue weighted by Crippen LogP contribution is -2.28. The van der Waals surface area contributed by atoms with E-state index in [9.17, 15) is 19.8 Å². The molecule has 0 saturated carbocycles. The van der Waals surface area contributed by atoms with Crippen LogP contribution >= 0.6 is 0 Å². The van der Waals surface area contributed by atoms with E-state index in [0.29, 0.717) is 28.2 Å². The first-order valence-electron chi connectivity index (χ1n) is 12.3. The zero-order valence-electron chi connectivity index (χ0n) is 21.0. The number of carboxylic acids is 1. The minimum absolute atomic E-state index is 0.0291. The van der Waals surface area contributed by atoms with Crippen LogP contribution in [0.4, 0.5) is 11.4 Å². The van der Waals surface area contributed by atoms with Gasteiger partial charge in [-0.2, -0.15) is 15.2 Å². The minimum atomic E-state index is -1.03. The summed E-state index contributed by atoms with van der Waals surface area (Å²) < 4.78 is 0. The third-order valence-electron chi connectivity index (χ3n) is 7.03. The highest BCUT2D eigenvalue weighted by molar-refractivity contribution is 6.71. The zero-order valence-corrected chi connectivity index (χ0v) is 21.0. The molecular formula is C29H28N4O4. The van der Waals surface area contributed by atoms with Gasteiger partial charge in [0.25, 0.3) is 0 Å². The van der Waals surface area contributed by atoms with E-state index in [0.717, 1.165) is 47.9 Å². The third kappa shape index (κ3) is 4.46. The topological polar surface area (TPSA) is 115 Å². The number of nitrogens with zero attached hydrogens (tertiary/aromatic N) is 3. The summed E-state index contributed by atoms with van der Waals surface area (Å²) in [6.07, 6.45) is 3.65.